The molecule has 0 spiro atoms. The van der Waals surface area contributed by atoms with Crippen LogP contribution in [0.4, 0.5) is 0 Å². The van der Waals surface area contributed by atoms with E-state index < -0.39 is 0 Å². The lowest BCUT2D eigenvalue weighted by Crippen LogP contribution is -2.07. The highest BCUT2D eigenvalue weighted by Gasteiger charge is 2.20. The van der Waals surface area contributed by atoms with Gasteiger partial charge in [-0.3, -0.25) is 9.55 Å². The zero-order chi connectivity index (χ0) is 20.2. The molecule has 0 saturated heterocycles. The minimum atomic E-state index is 0.769. The molecule has 0 amide bonds. The second-order valence-electron chi connectivity index (χ2n) is 6.66. The highest BCUT2D eigenvalue weighted by atomic mass is 32.2. The average Bonchev–Trinajstić information content (AvgIpc) is 3.37. The van der Waals surface area contributed by atoms with E-state index in [1.807, 2.05) is 25.3 Å². The van der Waals surface area contributed by atoms with Gasteiger partial charge >= 0.3 is 0 Å². The first-order chi connectivity index (χ1) is 14.2. The number of rotatable bonds is 7. The van der Waals surface area contributed by atoms with Gasteiger partial charge in [-0.2, -0.15) is 0 Å². The van der Waals surface area contributed by atoms with Gasteiger partial charge in [-0.05, 0) is 43.0 Å². The van der Waals surface area contributed by atoms with Gasteiger partial charge in [-0.25, -0.2) is 4.98 Å². The summed E-state index contributed by atoms with van der Waals surface area (Å²) >= 11 is 3.35. The molecular weight excluding hydrogens is 398 g/mol. The van der Waals surface area contributed by atoms with E-state index in [9.17, 15) is 0 Å². The van der Waals surface area contributed by atoms with Crippen molar-refractivity contribution in [2.75, 3.05) is 0 Å². The van der Waals surface area contributed by atoms with Crippen LogP contribution in [0, 0.1) is 6.92 Å². The Morgan fingerprint density at radius 3 is 2.45 bits per heavy atom. The standard InChI is InChI=1S/C22H23N5S2/c1-4-16-8-6-9-17(5-2)20(16)27-21(18-10-7-11-23-12-18)25-26-22(27)29-14-19-13-28-15(3)24-19/h6-13H,4-5,14H2,1-3H3. The zero-order valence-electron chi connectivity index (χ0n) is 16.8. The number of para-hydroxylation sites is 1. The summed E-state index contributed by atoms with van der Waals surface area (Å²) in [5, 5.41) is 13.2. The monoisotopic (exact) mass is 421 g/mol. The van der Waals surface area contributed by atoms with Gasteiger partial charge in [0.2, 0.25) is 0 Å². The maximum Gasteiger partial charge on any atom is 0.196 e. The summed E-state index contributed by atoms with van der Waals surface area (Å²) in [6.45, 7) is 6.42. The van der Waals surface area contributed by atoms with Crippen LogP contribution in [-0.2, 0) is 18.6 Å². The first-order valence-corrected chi connectivity index (χ1v) is 11.6. The van der Waals surface area contributed by atoms with Crippen LogP contribution >= 0.6 is 23.1 Å². The number of pyridine rings is 1. The van der Waals surface area contributed by atoms with Gasteiger partial charge in [-0.1, -0.05) is 43.8 Å². The molecule has 0 bridgehead atoms. The number of hydrogen-bond acceptors (Lipinski definition) is 6. The van der Waals surface area contributed by atoms with E-state index in [4.69, 9.17) is 0 Å². The Kier molecular flexibility index (Phi) is 6.06. The Morgan fingerprint density at radius 2 is 1.83 bits per heavy atom. The normalized spacial score (nSPS) is 11.1. The molecule has 0 radical (unpaired) electrons. The molecule has 0 aliphatic heterocycles. The van der Waals surface area contributed by atoms with E-state index >= 15 is 0 Å². The van der Waals surface area contributed by atoms with Crippen molar-refractivity contribution in [3.05, 3.63) is 69.9 Å². The molecule has 0 fully saturated rings. The van der Waals surface area contributed by atoms with Crippen LogP contribution in [0.1, 0.15) is 35.7 Å². The van der Waals surface area contributed by atoms with Gasteiger partial charge in [0.15, 0.2) is 11.0 Å². The molecule has 0 unspecified atom stereocenters. The largest absolute Gasteiger partial charge is 0.269 e. The number of aryl methyl sites for hydroxylation is 3. The smallest absolute Gasteiger partial charge is 0.196 e. The molecule has 3 heterocycles. The third-order valence-corrected chi connectivity index (χ3v) is 6.54. The fourth-order valence-corrected chi connectivity index (χ4v) is 4.91. The molecule has 0 aliphatic rings. The van der Waals surface area contributed by atoms with Crippen LogP contribution in [0.15, 0.2) is 53.3 Å². The van der Waals surface area contributed by atoms with Crippen LogP contribution in [0.2, 0.25) is 0 Å². The van der Waals surface area contributed by atoms with Gasteiger partial charge in [0, 0.05) is 29.1 Å². The van der Waals surface area contributed by atoms with Gasteiger partial charge in [0.25, 0.3) is 0 Å². The minimum absolute atomic E-state index is 0.769. The maximum atomic E-state index is 4.59. The molecule has 0 atom stereocenters. The number of thioether (sulfide) groups is 1. The van der Waals surface area contributed by atoms with Gasteiger partial charge in [0.05, 0.1) is 16.4 Å². The van der Waals surface area contributed by atoms with Crippen LogP contribution in [0.25, 0.3) is 17.1 Å². The van der Waals surface area contributed by atoms with Crippen molar-refractivity contribution in [1.82, 2.24) is 24.7 Å². The Balaban J connectivity index is 1.85. The van der Waals surface area contributed by atoms with Crippen molar-refractivity contribution < 1.29 is 0 Å². The van der Waals surface area contributed by atoms with Crippen molar-refractivity contribution in [3.63, 3.8) is 0 Å². The number of aromatic nitrogens is 5. The molecule has 0 saturated carbocycles. The highest BCUT2D eigenvalue weighted by molar-refractivity contribution is 7.98. The lowest BCUT2D eigenvalue weighted by molar-refractivity contribution is 0.857. The second kappa shape index (κ2) is 8.88. The lowest BCUT2D eigenvalue weighted by atomic mass is 10.0. The molecule has 148 valence electrons. The summed E-state index contributed by atoms with van der Waals surface area (Å²) in [7, 11) is 0. The Hall–Kier alpha value is -2.51. The summed E-state index contributed by atoms with van der Waals surface area (Å²) in [5.41, 5.74) is 5.82. The van der Waals surface area contributed by atoms with Crippen molar-refractivity contribution in [1.29, 1.82) is 0 Å². The molecule has 3 aromatic heterocycles. The lowest BCUT2D eigenvalue weighted by Gasteiger charge is -2.17. The topological polar surface area (TPSA) is 56.5 Å². The molecule has 7 heteroatoms. The minimum Gasteiger partial charge on any atom is -0.269 e. The third-order valence-electron chi connectivity index (χ3n) is 4.76. The molecule has 4 aromatic rings. The fraction of sp³-hybridized carbons (Fsp3) is 0.273. The van der Waals surface area contributed by atoms with E-state index in [1.54, 1.807) is 29.3 Å². The molecule has 1 aromatic carbocycles. The Morgan fingerprint density at radius 1 is 1.03 bits per heavy atom. The van der Waals surface area contributed by atoms with Gasteiger partial charge in [-0.15, -0.1) is 21.5 Å². The first-order valence-electron chi connectivity index (χ1n) is 9.72. The number of nitrogens with zero attached hydrogens (tertiary/aromatic N) is 5. The highest BCUT2D eigenvalue weighted by Crippen LogP contribution is 2.33. The Labute approximate surface area is 179 Å². The Bertz CT molecular complexity index is 1080. The summed E-state index contributed by atoms with van der Waals surface area (Å²) in [5.74, 6) is 1.59. The van der Waals surface area contributed by atoms with Crippen LogP contribution < -0.4 is 0 Å². The van der Waals surface area contributed by atoms with Crippen molar-refractivity contribution in [3.8, 4) is 17.1 Å². The summed E-state index contributed by atoms with van der Waals surface area (Å²) in [6.07, 6.45) is 5.52. The van der Waals surface area contributed by atoms with Crippen LogP contribution in [0.3, 0.4) is 0 Å². The summed E-state index contributed by atoms with van der Waals surface area (Å²) in [6, 6.07) is 10.5. The number of thiazole rings is 1. The van der Waals surface area contributed by atoms with E-state index in [1.165, 1.54) is 16.8 Å². The number of hydrogen-bond donors (Lipinski definition) is 0. The summed E-state index contributed by atoms with van der Waals surface area (Å²) in [4.78, 5) is 8.88. The quantitative estimate of drug-likeness (QED) is 0.368. The van der Waals surface area contributed by atoms with Gasteiger partial charge < -0.3 is 0 Å². The molecular formula is C22H23N5S2. The number of benzene rings is 1. The maximum absolute atomic E-state index is 4.59. The summed E-state index contributed by atoms with van der Waals surface area (Å²) < 4.78 is 2.21. The predicted molar refractivity (Wildman–Crippen MR) is 120 cm³/mol. The van der Waals surface area contributed by atoms with E-state index in [2.05, 4.69) is 62.2 Å². The van der Waals surface area contributed by atoms with Crippen molar-refractivity contribution in [2.24, 2.45) is 0 Å². The predicted octanol–water partition coefficient (Wildman–Crippen LogP) is 5.51. The fourth-order valence-electron chi connectivity index (χ4n) is 3.36. The molecule has 5 nitrogen and oxygen atoms in total. The third kappa shape index (κ3) is 4.11. The molecule has 29 heavy (non-hydrogen) atoms. The zero-order valence-corrected chi connectivity index (χ0v) is 18.4. The SMILES string of the molecule is CCc1cccc(CC)c1-n1c(SCc2csc(C)n2)nnc1-c1cccnc1. The molecule has 0 N–H and O–H groups in total. The second-order valence-corrected chi connectivity index (χ2v) is 8.67. The molecule has 0 aliphatic carbocycles. The van der Waals surface area contributed by atoms with Gasteiger partial charge in [0.1, 0.15) is 0 Å². The first kappa shape index (κ1) is 19.8. The van der Waals surface area contributed by atoms with E-state index in [-0.39, 0.29) is 0 Å². The van der Waals surface area contributed by atoms with Crippen molar-refractivity contribution >= 4 is 23.1 Å². The van der Waals surface area contributed by atoms with E-state index in [0.29, 0.717) is 0 Å². The van der Waals surface area contributed by atoms with Crippen molar-refractivity contribution in [2.45, 2.75) is 44.5 Å². The molecule has 4 rings (SSSR count). The van der Waals surface area contributed by atoms with E-state index in [0.717, 1.165) is 45.8 Å². The average molecular weight is 422 g/mol. The van der Waals surface area contributed by atoms with Crippen LogP contribution in [0.5, 0.6) is 0 Å². The van der Waals surface area contributed by atoms with Crippen LogP contribution in [-0.4, -0.2) is 24.7 Å².